The lowest BCUT2D eigenvalue weighted by Gasteiger charge is -2.22. The lowest BCUT2D eigenvalue weighted by Crippen LogP contribution is -2.14. The zero-order valence-electron chi connectivity index (χ0n) is 16.3. The number of nitro groups is 1. The van der Waals surface area contributed by atoms with Crippen LogP contribution in [0.3, 0.4) is 0 Å². The Morgan fingerprint density at radius 3 is 2.76 bits per heavy atom. The van der Waals surface area contributed by atoms with Crippen molar-refractivity contribution in [1.82, 2.24) is 9.78 Å². The number of nitrogens with one attached hydrogen (secondary N) is 1. The molecule has 152 valence electrons. The number of aryl methyl sites for hydroxylation is 1. The topological polar surface area (TPSA) is 99.3 Å². The fourth-order valence-corrected chi connectivity index (χ4v) is 4.97. The van der Waals surface area contributed by atoms with E-state index in [1.165, 1.54) is 55.9 Å². The molecule has 0 radical (unpaired) electrons. The standard InChI is InChI=1S/C20H22N4O4S/c1-12-15-11-18(29-20(15)23(22-12)13-6-4-3-5-7-13)19(25)21-16-9-8-14(24(26)27)10-17(16)28-2/h8-11,13H,3-7H2,1-2H3,(H,21,25). The number of methoxy groups -OCH3 is 1. The molecule has 3 aromatic rings. The Morgan fingerprint density at radius 2 is 2.07 bits per heavy atom. The lowest BCUT2D eigenvalue weighted by molar-refractivity contribution is -0.384. The van der Waals surface area contributed by atoms with Gasteiger partial charge in [0.25, 0.3) is 11.6 Å². The molecule has 0 unspecified atom stereocenters. The number of fused-ring (bicyclic) bond motifs is 1. The van der Waals surface area contributed by atoms with Crippen LogP contribution < -0.4 is 10.1 Å². The molecule has 1 amide bonds. The van der Waals surface area contributed by atoms with Gasteiger partial charge in [0.2, 0.25) is 0 Å². The predicted molar refractivity (Wildman–Crippen MR) is 112 cm³/mol. The highest BCUT2D eigenvalue weighted by atomic mass is 32.1. The Bertz CT molecular complexity index is 1080. The van der Waals surface area contributed by atoms with Crippen molar-refractivity contribution in [2.75, 3.05) is 12.4 Å². The van der Waals surface area contributed by atoms with Gasteiger partial charge in [0.15, 0.2) is 0 Å². The van der Waals surface area contributed by atoms with Gasteiger partial charge in [-0.05, 0) is 31.9 Å². The van der Waals surface area contributed by atoms with Crippen molar-refractivity contribution in [2.24, 2.45) is 0 Å². The molecule has 0 bridgehead atoms. The zero-order valence-corrected chi connectivity index (χ0v) is 17.1. The molecule has 0 spiro atoms. The average Bonchev–Trinajstić information content (AvgIpc) is 3.29. The van der Waals surface area contributed by atoms with Gasteiger partial charge in [-0.25, -0.2) is 0 Å². The van der Waals surface area contributed by atoms with Gasteiger partial charge in [-0.2, -0.15) is 5.10 Å². The van der Waals surface area contributed by atoms with Gasteiger partial charge in [0, 0.05) is 11.5 Å². The van der Waals surface area contributed by atoms with Crippen LogP contribution in [0.4, 0.5) is 11.4 Å². The van der Waals surface area contributed by atoms with Crippen molar-refractivity contribution in [3.05, 3.63) is 45.0 Å². The molecule has 1 aliphatic carbocycles. The van der Waals surface area contributed by atoms with E-state index in [0.717, 1.165) is 28.8 Å². The first-order valence-corrected chi connectivity index (χ1v) is 10.4. The van der Waals surface area contributed by atoms with Crippen LogP contribution in [0, 0.1) is 17.0 Å². The smallest absolute Gasteiger partial charge is 0.273 e. The minimum absolute atomic E-state index is 0.0927. The predicted octanol–water partition coefficient (Wildman–Crippen LogP) is 5.08. The molecule has 2 heterocycles. The zero-order chi connectivity index (χ0) is 20.5. The second kappa shape index (κ2) is 7.82. The Hall–Kier alpha value is -2.94. The number of nitrogens with zero attached hydrogens (tertiary/aromatic N) is 3. The van der Waals surface area contributed by atoms with Gasteiger partial charge in [-0.3, -0.25) is 19.6 Å². The third-order valence-electron chi connectivity index (χ3n) is 5.36. The van der Waals surface area contributed by atoms with E-state index in [9.17, 15) is 14.9 Å². The molecule has 29 heavy (non-hydrogen) atoms. The number of anilines is 1. The Labute approximate surface area is 171 Å². The molecule has 9 heteroatoms. The summed E-state index contributed by atoms with van der Waals surface area (Å²) >= 11 is 1.43. The summed E-state index contributed by atoms with van der Waals surface area (Å²) in [5, 5.41) is 19.5. The Balaban J connectivity index is 1.62. The number of ether oxygens (including phenoxy) is 1. The molecular formula is C20H22N4O4S. The monoisotopic (exact) mass is 414 g/mol. The van der Waals surface area contributed by atoms with Crippen LogP contribution >= 0.6 is 11.3 Å². The molecule has 8 nitrogen and oxygen atoms in total. The van der Waals surface area contributed by atoms with Crippen molar-refractivity contribution in [2.45, 2.75) is 45.1 Å². The molecule has 0 saturated heterocycles. The third kappa shape index (κ3) is 3.69. The summed E-state index contributed by atoms with van der Waals surface area (Å²) in [6.45, 7) is 1.97. The summed E-state index contributed by atoms with van der Waals surface area (Å²) in [5.74, 6) is -0.0221. The number of benzene rings is 1. The van der Waals surface area contributed by atoms with Gasteiger partial charge in [-0.15, -0.1) is 11.3 Å². The van der Waals surface area contributed by atoms with Crippen LogP contribution in [0.25, 0.3) is 10.2 Å². The maximum Gasteiger partial charge on any atom is 0.273 e. The number of amides is 1. The van der Waals surface area contributed by atoms with Gasteiger partial charge in [0.05, 0.1) is 40.4 Å². The first kappa shape index (κ1) is 19.4. The highest BCUT2D eigenvalue weighted by Crippen LogP contribution is 2.36. The van der Waals surface area contributed by atoms with Gasteiger partial charge in [0.1, 0.15) is 10.6 Å². The molecule has 0 aliphatic heterocycles. The molecule has 1 saturated carbocycles. The van der Waals surface area contributed by atoms with Gasteiger partial charge < -0.3 is 10.1 Å². The van der Waals surface area contributed by atoms with Crippen LogP contribution in [-0.2, 0) is 0 Å². The first-order valence-electron chi connectivity index (χ1n) is 9.60. The Kier molecular flexibility index (Phi) is 5.23. The SMILES string of the molecule is COc1cc([N+](=O)[O-])ccc1NC(=O)c1cc2c(C)nn(C3CCCCC3)c2s1. The number of rotatable bonds is 5. The normalized spacial score (nSPS) is 14.8. The maximum absolute atomic E-state index is 12.8. The largest absolute Gasteiger partial charge is 0.494 e. The van der Waals surface area contributed by atoms with E-state index in [1.54, 1.807) is 0 Å². The van der Waals surface area contributed by atoms with Crippen LogP contribution in [0.5, 0.6) is 5.75 Å². The number of non-ortho nitro benzene ring substituents is 1. The number of aromatic nitrogens is 2. The fraction of sp³-hybridized carbons (Fsp3) is 0.400. The number of thiophene rings is 1. The fourth-order valence-electron chi connectivity index (χ4n) is 3.84. The minimum Gasteiger partial charge on any atom is -0.494 e. The molecule has 1 N–H and O–H groups in total. The third-order valence-corrected chi connectivity index (χ3v) is 6.48. The highest BCUT2D eigenvalue weighted by Gasteiger charge is 2.23. The van der Waals surface area contributed by atoms with E-state index in [1.807, 2.05) is 13.0 Å². The van der Waals surface area contributed by atoms with E-state index >= 15 is 0 Å². The molecule has 4 rings (SSSR count). The molecule has 1 fully saturated rings. The van der Waals surface area contributed by atoms with E-state index < -0.39 is 4.92 Å². The van der Waals surface area contributed by atoms with Gasteiger partial charge in [-0.1, -0.05) is 19.3 Å². The summed E-state index contributed by atoms with van der Waals surface area (Å²) in [6.07, 6.45) is 5.94. The van der Waals surface area contributed by atoms with Gasteiger partial charge >= 0.3 is 0 Å². The average molecular weight is 414 g/mol. The van der Waals surface area contributed by atoms with E-state index in [2.05, 4.69) is 10.00 Å². The number of hydrogen-bond donors (Lipinski definition) is 1. The molecule has 2 aromatic heterocycles. The molecule has 1 aromatic carbocycles. The second-order valence-corrected chi connectivity index (χ2v) is 8.28. The maximum atomic E-state index is 12.8. The minimum atomic E-state index is -0.500. The summed E-state index contributed by atoms with van der Waals surface area (Å²) in [6, 6.07) is 6.38. The highest BCUT2D eigenvalue weighted by molar-refractivity contribution is 7.20. The lowest BCUT2D eigenvalue weighted by atomic mass is 9.96. The van der Waals surface area contributed by atoms with Crippen LogP contribution in [0.2, 0.25) is 0 Å². The summed E-state index contributed by atoms with van der Waals surface area (Å²) < 4.78 is 7.30. The summed E-state index contributed by atoms with van der Waals surface area (Å²) in [7, 11) is 1.41. The van der Waals surface area contributed by atoms with Crippen molar-refractivity contribution in [3.8, 4) is 5.75 Å². The number of carbonyl (C=O) groups is 1. The van der Waals surface area contributed by atoms with Crippen LogP contribution in [0.15, 0.2) is 24.3 Å². The Morgan fingerprint density at radius 1 is 1.31 bits per heavy atom. The van der Waals surface area contributed by atoms with E-state index in [0.29, 0.717) is 16.6 Å². The van der Waals surface area contributed by atoms with Crippen molar-refractivity contribution in [3.63, 3.8) is 0 Å². The van der Waals surface area contributed by atoms with Crippen molar-refractivity contribution in [1.29, 1.82) is 0 Å². The second-order valence-electron chi connectivity index (χ2n) is 7.25. The summed E-state index contributed by atoms with van der Waals surface area (Å²) in [5.41, 5.74) is 1.23. The first-order chi connectivity index (χ1) is 14.0. The molecule has 0 atom stereocenters. The molecular weight excluding hydrogens is 392 g/mol. The van der Waals surface area contributed by atoms with Crippen LogP contribution in [-0.4, -0.2) is 27.7 Å². The number of carbonyl (C=O) groups excluding carboxylic acids is 1. The number of nitro benzene ring substituents is 1. The van der Waals surface area contributed by atoms with Crippen LogP contribution in [0.1, 0.15) is 53.5 Å². The van der Waals surface area contributed by atoms with E-state index in [4.69, 9.17) is 9.84 Å². The molecule has 1 aliphatic rings. The van der Waals surface area contributed by atoms with E-state index in [-0.39, 0.29) is 17.3 Å². The number of hydrogen-bond acceptors (Lipinski definition) is 6. The summed E-state index contributed by atoms with van der Waals surface area (Å²) in [4.78, 5) is 24.9. The van der Waals surface area contributed by atoms with Crippen molar-refractivity contribution < 1.29 is 14.5 Å². The van der Waals surface area contributed by atoms with Crippen molar-refractivity contribution >= 4 is 38.8 Å². The quantitative estimate of drug-likeness (QED) is 0.463.